The Bertz CT molecular complexity index is 413. The molecule has 0 saturated carbocycles. The number of rotatable bonds is 4. The molecule has 0 aliphatic rings. The monoisotopic (exact) mass is 206 g/mol. The molecule has 0 spiro atoms. The first-order valence-electron chi connectivity index (χ1n) is 4.29. The molecule has 1 rings (SSSR count). The zero-order chi connectivity index (χ0) is 11.3. The van der Waals surface area contributed by atoms with E-state index in [2.05, 4.69) is 0 Å². The first-order chi connectivity index (χ1) is 7.09. The zero-order valence-electron chi connectivity index (χ0n) is 7.92. The minimum absolute atomic E-state index is 0.0243. The summed E-state index contributed by atoms with van der Waals surface area (Å²) in [6, 6.07) is 6.13. The molecule has 5 heteroatoms. The predicted molar refractivity (Wildman–Crippen MR) is 55.9 cm³/mol. The van der Waals surface area contributed by atoms with Crippen molar-refractivity contribution in [2.75, 3.05) is 0 Å². The number of non-ortho nitro benzene ring substituents is 1. The summed E-state index contributed by atoms with van der Waals surface area (Å²) < 4.78 is 0. The Labute approximate surface area is 86.4 Å². The van der Waals surface area contributed by atoms with Crippen LogP contribution >= 0.6 is 0 Å². The van der Waals surface area contributed by atoms with Crippen molar-refractivity contribution < 1.29 is 9.72 Å². The van der Waals surface area contributed by atoms with Gasteiger partial charge in [-0.15, -0.1) is 0 Å². The summed E-state index contributed by atoms with van der Waals surface area (Å²) in [7, 11) is 0. The van der Waals surface area contributed by atoms with Crippen molar-refractivity contribution in [3.8, 4) is 0 Å². The van der Waals surface area contributed by atoms with Crippen molar-refractivity contribution in [2.45, 2.75) is 6.42 Å². The third-order valence-corrected chi connectivity index (χ3v) is 1.71. The van der Waals surface area contributed by atoms with Crippen molar-refractivity contribution in [1.29, 1.82) is 0 Å². The molecule has 0 saturated heterocycles. The molecule has 0 aliphatic carbocycles. The van der Waals surface area contributed by atoms with E-state index in [1.807, 2.05) is 0 Å². The molecule has 0 fully saturated rings. The number of nitro groups is 1. The van der Waals surface area contributed by atoms with Gasteiger partial charge in [0.2, 0.25) is 5.91 Å². The van der Waals surface area contributed by atoms with E-state index in [1.54, 1.807) is 24.3 Å². The number of carbonyl (C=O) groups is 1. The minimum atomic E-state index is -0.467. The maximum Gasteiger partial charge on any atom is 0.270 e. The second-order valence-electron chi connectivity index (χ2n) is 2.92. The Morgan fingerprint density at radius 1 is 1.53 bits per heavy atom. The van der Waals surface area contributed by atoms with Gasteiger partial charge in [-0.05, 0) is 5.56 Å². The van der Waals surface area contributed by atoms with Crippen molar-refractivity contribution in [1.82, 2.24) is 0 Å². The van der Waals surface area contributed by atoms with Crippen LogP contribution in [0.25, 0.3) is 6.08 Å². The number of amides is 1. The molecule has 15 heavy (non-hydrogen) atoms. The molecular formula is C10H10N2O3. The second kappa shape index (κ2) is 4.90. The number of hydrogen-bond donors (Lipinski definition) is 1. The van der Waals surface area contributed by atoms with Gasteiger partial charge in [-0.25, -0.2) is 0 Å². The van der Waals surface area contributed by atoms with Gasteiger partial charge < -0.3 is 5.73 Å². The van der Waals surface area contributed by atoms with E-state index in [4.69, 9.17) is 5.73 Å². The van der Waals surface area contributed by atoms with Crippen molar-refractivity contribution >= 4 is 17.7 Å². The number of hydrogen-bond acceptors (Lipinski definition) is 3. The van der Waals surface area contributed by atoms with Crippen LogP contribution < -0.4 is 5.73 Å². The Morgan fingerprint density at radius 2 is 2.27 bits per heavy atom. The van der Waals surface area contributed by atoms with Crippen molar-refractivity contribution in [2.24, 2.45) is 5.73 Å². The van der Waals surface area contributed by atoms with Crippen molar-refractivity contribution in [3.05, 3.63) is 46.0 Å². The summed E-state index contributed by atoms with van der Waals surface area (Å²) in [5.41, 5.74) is 5.63. The molecule has 0 atom stereocenters. The van der Waals surface area contributed by atoms with Crippen LogP contribution in [0.3, 0.4) is 0 Å². The number of primary amides is 1. The summed E-state index contributed by atoms with van der Waals surface area (Å²) in [6.45, 7) is 0. The number of carbonyl (C=O) groups excluding carboxylic acids is 1. The van der Waals surface area contributed by atoms with E-state index >= 15 is 0 Å². The molecule has 2 N–H and O–H groups in total. The number of nitrogens with two attached hydrogens (primary N) is 1. The highest BCUT2D eigenvalue weighted by molar-refractivity contribution is 5.76. The van der Waals surface area contributed by atoms with Gasteiger partial charge in [0.1, 0.15) is 0 Å². The normalized spacial score (nSPS) is 10.4. The highest BCUT2D eigenvalue weighted by atomic mass is 16.6. The van der Waals surface area contributed by atoms with Gasteiger partial charge in [0.25, 0.3) is 5.69 Å². The van der Waals surface area contributed by atoms with E-state index in [-0.39, 0.29) is 12.1 Å². The molecule has 0 unspecified atom stereocenters. The van der Waals surface area contributed by atoms with E-state index < -0.39 is 10.8 Å². The Morgan fingerprint density at radius 3 is 2.87 bits per heavy atom. The number of nitro benzene ring substituents is 1. The van der Waals surface area contributed by atoms with Crippen LogP contribution in [0.1, 0.15) is 12.0 Å². The summed E-state index contributed by atoms with van der Waals surface area (Å²) in [4.78, 5) is 20.4. The molecule has 0 aromatic heterocycles. The molecule has 0 bridgehead atoms. The fourth-order valence-electron chi connectivity index (χ4n) is 1.05. The molecule has 78 valence electrons. The molecule has 0 aliphatic heterocycles. The lowest BCUT2D eigenvalue weighted by molar-refractivity contribution is -0.384. The van der Waals surface area contributed by atoms with Crippen LogP contribution in [0.15, 0.2) is 30.3 Å². The van der Waals surface area contributed by atoms with E-state index in [0.717, 1.165) is 0 Å². The molecule has 1 amide bonds. The summed E-state index contributed by atoms with van der Waals surface area (Å²) in [5.74, 6) is -0.434. The van der Waals surface area contributed by atoms with Gasteiger partial charge in [0.15, 0.2) is 0 Å². The van der Waals surface area contributed by atoms with Crippen LogP contribution in [-0.4, -0.2) is 10.8 Å². The van der Waals surface area contributed by atoms with Crippen molar-refractivity contribution in [3.63, 3.8) is 0 Å². The molecule has 5 nitrogen and oxygen atoms in total. The number of nitrogens with zero attached hydrogens (tertiary/aromatic N) is 1. The van der Waals surface area contributed by atoms with Crippen LogP contribution in [0.5, 0.6) is 0 Å². The lowest BCUT2D eigenvalue weighted by Gasteiger charge is -1.93. The molecule has 1 aromatic rings. The summed E-state index contributed by atoms with van der Waals surface area (Å²) >= 11 is 0. The quantitative estimate of drug-likeness (QED) is 0.598. The molecular weight excluding hydrogens is 196 g/mol. The SMILES string of the molecule is NC(=O)C/C=C/c1cccc([N+](=O)[O-])c1. The smallest absolute Gasteiger partial charge is 0.270 e. The van der Waals surface area contributed by atoms with Gasteiger partial charge in [0, 0.05) is 18.6 Å². The Kier molecular flexibility index (Phi) is 3.56. The predicted octanol–water partition coefficient (Wildman–Crippen LogP) is 1.48. The van der Waals surface area contributed by atoms with Gasteiger partial charge in [-0.3, -0.25) is 14.9 Å². The fraction of sp³-hybridized carbons (Fsp3) is 0.100. The van der Waals surface area contributed by atoms with Gasteiger partial charge in [0.05, 0.1) is 4.92 Å². The largest absolute Gasteiger partial charge is 0.369 e. The van der Waals surface area contributed by atoms with E-state index in [0.29, 0.717) is 5.56 Å². The zero-order valence-corrected chi connectivity index (χ0v) is 7.92. The molecule has 1 aromatic carbocycles. The van der Waals surface area contributed by atoms with Crippen LogP contribution in [0.2, 0.25) is 0 Å². The van der Waals surface area contributed by atoms with Gasteiger partial charge in [-0.2, -0.15) is 0 Å². The highest BCUT2D eigenvalue weighted by Crippen LogP contribution is 2.14. The van der Waals surface area contributed by atoms with Crippen LogP contribution in [0, 0.1) is 10.1 Å². The van der Waals surface area contributed by atoms with E-state index in [1.165, 1.54) is 12.1 Å². The first kappa shape index (κ1) is 10.9. The molecule has 0 radical (unpaired) electrons. The Balaban J connectivity index is 2.78. The lowest BCUT2D eigenvalue weighted by atomic mass is 10.2. The maximum atomic E-state index is 10.4. The van der Waals surface area contributed by atoms with Crippen LogP contribution in [0.4, 0.5) is 5.69 Å². The highest BCUT2D eigenvalue weighted by Gasteiger charge is 2.03. The lowest BCUT2D eigenvalue weighted by Crippen LogP contribution is -2.07. The standard InChI is InChI=1S/C10H10N2O3/c11-10(13)6-2-4-8-3-1-5-9(7-8)12(14)15/h1-5,7H,6H2,(H2,11,13)/b4-2+. The second-order valence-corrected chi connectivity index (χ2v) is 2.92. The van der Waals surface area contributed by atoms with Gasteiger partial charge in [-0.1, -0.05) is 24.3 Å². The first-order valence-corrected chi connectivity index (χ1v) is 4.29. The number of benzene rings is 1. The van der Waals surface area contributed by atoms with Crippen LogP contribution in [-0.2, 0) is 4.79 Å². The summed E-state index contributed by atoms with van der Waals surface area (Å²) in [5, 5.41) is 10.4. The topological polar surface area (TPSA) is 86.2 Å². The summed E-state index contributed by atoms with van der Waals surface area (Å²) in [6.07, 6.45) is 3.32. The minimum Gasteiger partial charge on any atom is -0.369 e. The maximum absolute atomic E-state index is 10.4. The Hall–Kier alpha value is -2.17. The average molecular weight is 206 g/mol. The average Bonchev–Trinajstić information content (AvgIpc) is 2.17. The third kappa shape index (κ3) is 3.60. The third-order valence-electron chi connectivity index (χ3n) is 1.71. The fourth-order valence-corrected chi connectivity index (χ4v) is 1.05. The van der Waals surface area contributed by atoms with Gasteiger partial charge >= 0.3 is 0 Å². The molecule has 0 heterocycles. The van der Waals surface area contributed by atoms with E-state index in [9.17, 15) is 14.9 Å².